The molecule has 0 saturated heterocycles. The molecule has 0 fully saturated rings. The largest absolute Gasteiger partial charge is 0.555 e. The van der Waals surface area contributed by atoms with E-state index in [0.717, 1.165) is 11.3 Å². The number of aliphatic hydroxyl groups is 1. The molecule has 3 heteroatoms. The van der Waals surface area contributed by atoms with Gasteiger partial charge in [0.2, 0.25) is 0 Å². The number of rotatable bonds is 0. The SMILES string of the molecule is OC1=Cc2ccccc2OB1. The lowest BCUT2D eigenvalue weighted by atomic mass is 9.92. The smallest absolute Gasteiger partial charge is 0.410 e. The molecule has 0 unspecified atom stereocenters. The number of para-hydroxylation sites is 1. The van der Waals surface area contributed by atoms with Gasteiger partial charge in [-0.25, -0.2) is 0 Å². The summed E-state index contributed by atoms with van der Waals surface area (Å²) in [6.07, 6.45) is 1.72. The molecule has 1 heterocycles. The highest BCUT2D eigenvalue weighted by Gasteiger charge is 2.10. The van der Waals surface area contributed by atoms with Crippen molar-refractivity contribution >= 4 is 13.6 Å². The zero-order chi connectivity index (χ0) is 7.68. The predicted octanol–water partition coefficient (Wildman–Crippen LogP) is 1.29. The summed E-state index contributed by atoms with van der Waals surface area (Å²) in [5.74, 6) is 0.838. The highest BCUT2D eigenvalue weighted by molar-refractivity contribution is 6.40. The van der Waals surface area contributed by atoms with Gasteiger partial charge in [0.25, 0.3) is 0 Å². The van der Waals surface area contributed by atoms with E-state index in [1.807, 2.05) is 24.3 Å². The summed E-state index contributed by atoms with van der Waals surface area (Å²) in [6, 6.07) is 7.62. The second-order valence-corrected chi connectivity index (χ2v) is 2.46. The average molecular weight is 146 g/mol. The van der Waals surface area contributed by atoms with E-state index in [1.54, 1.807) is 6.08 Å². The van der Waals surface area contributed by atoms with Gasteiger partial charge < -0.3 is 9.76 Å². The minimum Gasteiger partial charge on any atom is -0.555 e. The zero-order valence-corrected chi connectivity index (χ0v) is 5.95. The Balaban J connectivity index is 2.51. The summed E-state index contributed by atoms with van der Waals surface area (Å²) in [6.45, 7) is 0. The highest BCUT2D eigenvalue weighted by Crippen LogP contribution is 2.23. The van der Waals surface area contributed by atoms with Crippen LogP contribution in [0.2, 0.25) is 0 Å². The molecule has 0 atom stereocenters. The van der Waals surface area contributed by atoms with Crippen LogP contribution in [0.25, 0.3) is 6.08 Å². The van der Waals surface area contributed by atoms with Crippen molar-refractivity contribution in [1.29, 1.82) is 0 Å². The Bertz CT molecular complexity index is 307. The maximum atomic E-state index is 9.09. The minimum atomic E-state index is 0.281. The summed E-state index contributed by atoms with van der Waals surface area (Å²) in [5, 5.41) is 9.09. The Morgan fingerprint density at radius 1 is 1.27 bits per heavy atom. The van der Waals surface area contributed by atoms with Gasteiger partial charge in [0, 0.05) is 5.56 Å². The van der Waals surface area contributed by atoms with Gasteiger partial charge in [-0.2, -0.15) is 0 Å². The Labute approximate surface area is 65.4 Å². The molecule has 0 aromatic heterocycles. The standard InChI is InChI=1S/C8H7BO2/c10-8-5-6-3-1-2-4-7(6)11-9-8/h1-5,9-10H. The Morgan fingerprint density at radius 2 is 2.09 bits per heavy atom. The lowest BCUT2D eigenvalue weighted by molar-refractivity contribution is 0.432. The van der Waals surface area contributed by atoms with E-state index in [4.69, 9.17) is 9.76 Å². The predicted molar refractivity (Wildman–Crippen MR) is 44.8 cm³/mol. The number of benzene rings is 1. The van der Waals surface area contributed by atoms with Crippen molar-refractivity contribution in [2.75, 3.05) is 0 Å². The van der Waals surface area contributed by atoms with E-state index in [9.17, 15) is 0 Å². The summed E-state index contributed by atoms with van der Waals surface area (Å²) < 4.78 is 5.22. The lowest BCUT2D eigenvalue weighted by Crippen LogP contribution is -2.10. The van der Waals surface area contributed by atoms with E-state index in [2.05, 4.69) is 0 Å². The molecule has 1 aromatic carbocycles. The molecular weight excluding hydrogens is 139 g/mol. The normalized spacial score (nSPS) is 14.0. The van der Waals surface area contributed by atoms with Gasteiger partial charge in [-0.15, -0.1) is 0 Å². The molecule has 1 N–H and O–H groups in total. The van der Waals surface area contributed by atoms with Gasteiger partial charge in [0.05, 0.1) is 0 Å². The molecule has 2 rings (SSSR count). The number of aliphatic hydroxyl groups excluding tert-OH is 1. The first-order valence-corrected chi connectivity index (χ1v) is 3.47. The van der Waals surface area contributed by atoms with Crippen molar-refractivity contribution < 1.29 is 9.76 Å². The lowest BCUT2D eigenvalue weighted by Gasteiger charge is -2.12. The Hall–Kier alpha value is -1.38. The fourth-order valence-electron chi connectivity index (χ4n) is 1.10. The monoisotopic (exact) mass is 146 g/mol. The second kappa shape index (κ2) is 2.34. The first-order valence-electron chi connectivity index (χ1n) is 3.47. The van der Waals surface area contributed by atoms with E-state index >= 15 is 0 Å². The van der Waals surface area contributed by atoms with Crippen LogP contribution in [0.3, 0.4) is 0 Å². The van der Waals surface area contributed by atoms with Crippen molar-refractivity contribution in [3.8, 4) is 5.75 Å². The van der Waals surface area contributed by atoms with Crippen LogP contribution < -0.4 is 4.65 Å². The molecular formula is C8H7BO2. The summed E-state index contributed by atoms with van der Waals surface area (Å²) >= 11 is 0. The van der Waals surface area contributed by atoms with Crippen molar-refractivity contribution in [1.82, 2.24) is 0 Å². The van der Waals surface area contributed by atoms with Gasteiger partial charge in [0.15, 0.2) is 0 Å². The van der Waals surface area contributed by atoms with Crippen molar-refractivity contribution in [3.05, 3.63) is 35.5 Å². The minimum absolute atomic E-state index is 0.281. The first kappa shape index (κ1) is 6.34. The molecule has 0 radical (unpaired) electrons. The van der Waals surface area contributed by atoms with Crippen molar-refractivity contribution in [3.63, 3.8) is 0 Å². The Kier molecular flexibility index (Phi) is 1.35. The van der Waals surface area contributed by atoms with E-state index < -0.39 is 0 Å². The van der Waals surface area contributed by atoms with Gasteiger partial charge in [-0.3, -0.25) is 0 Å². The Morgan fingerprint density at radius 3 is 3.00 bits per heavy atom. The number of fused-ring (bicyclic) bond motifs is 1. The summed E-state index contributed by atoms with van der Waals surface area (Å²) in [4.78, 5) is 0. The fourth-order valence-corrected chi connectivity index (χ4v) is 1.10. The van der Waals surface area contributed by atoms with Crippen LogP contribution in [0.15, 0.2) is 29.9 Å². The van der Waals surface area contributed by atoms with Gasteiger partial charge in [0.1, 0.15) is 11.4 Å². The van der Waals surface area contributed by atoms with E-state index in [0.29, 0.717) is 0 Å². The van der Waals surface area contributed by atoms with Crippen LogP contribution in [0.5, 0.6) is 5.75 Å². The van der Waals surface area contributed by atoms with Crippen LogP contribution in [0, 0.1) is 0 Å². The molecule has 1 aliphatic rings. The van der Waals surface area contributed by atoms with Gasteiger partial charge in [-0.05, 0) is 12.1 Å². The molecule has 0 bridgehead atoms. The molecule has 1 aromatic rings. The molecule has 0 aliphatic carbocycles. The highest BCUT2D eigenvalue weighted by atomic mass is 16.4. The third-order valence-corrected chi connectivity index (χ3v) is 1.62. The number of hydrogen-bond donors (Lipinski definition) is 1. The average Bonchev–Trinajstić information content (AvgIpc) is 2.04. The molecule has 2 nitrogen and oxygen atoms in total. The van der Waals surface area contributed by atoms with E-state index in [-0.39, 0.29) is 13.1 Å². The maximum absolute atomic E-state index is 9.09. The topological polar surface area (TPSA) is 29.5 Å². The van der Waals surface area contributed by atoms with Gasteiger partial charge >= 0.3 is 7.48 Å². The number of hydrogen-bond acceptors (Lipinski definition) is 2. The van der Waals surface area contributed by atoms with Gasteiger partial charge in [-0.1, -0.05) is 18.2 Å². The molecule has 0 saturated carbocycles. The summed E-state index contributed by atoms with van der Waals surface area (Å²) in [5.41, 5.74) is 1.22. The summed E-state index contributed by atoms with van der Waals surface area (Å²) in [7, 11) is 0.289. The van der Waals surface area contributed by atoms with Crippen LogP contribution in [-0.2, 0) is 0 Å². The first-order chi connectivity index (χ1) is 5.36. The van der Waals surface area contributed by atoms with Crippen molar-refractivity contribution in [2.24, 2.45) is 0 Å². The third kappa shape index (κ3) is 1.09. The van der Waals surface area contributed by atoms with Crippen LogP contribution in [0.1, 0.15) is 5.56 Å². The molecule has 11 heavy (non-hydrogen) atoms. The van der Waals surface area contributed by atoms with Crippen LogP contribution in [-0.4, -0.2) is 12.6 Å². The maximum Gasteiger partial charge on any atom is 0.410 e. The van der Waals surface area contributed by atoms with Crippen molar-refractivity contribution in [2.45, 2.75) is 0 Å². The molecule has 54 valence electrons. The zero-order valence-electron chi connectivity index (χ0n) is 5.95. The quantitative estimate of drug-likeness (QED) is 0.558. The van der Waals surface area contributed by atoms with Crippen LogP contribution >= 0.6 is 0 Å². The molecule has 0 spiro atoms. The molecule has 1 aliphatic heterocycles. The van der Waals surface area contributed by atoms with Crippen LogP contribution in [0.4, 0.5) is 0 Å². The second-order valence-electron chi connectivity index (χ2n) is 2.46. The third-order valence-electron chi connectivity index (χ3n) is 1.62. The fraction of sp³-hybridized carbons (Fsp3) is 0. The molecule has 0 amide bonds. The van der Waals surface area contributed by atoms with E-state index in [1.165, 1.54) is 0 Å².